The van der Waals surface area contributed by atoms with Crippen LogP contribution < -0.4 is 4.74 Å². The molecule has 5 nitrogen and oxygen atoms in total. The predicted octanol–water partition coefficient (Wildman–Crippen LogP) is 3.56. The number of hydrogen-bond acceptors (Lipinski definition) is 4. The van der Waals surface area contributed by atoms with Crippen LogP contribution in [0, 0.1) is 3.57 Å². The number of hydrogen-bond donors (Lipinski definition) is 0. The molecule has 0 spiro atoms. The van der Waals surface area contributed by atoms with Crippen LogP contribution in [0.4, 0.5) is 5.69 Å². The average Bonchev–Trinajstić information content (AvgIpc) is 2.32. The molecular formula is C12H16IN3O2. The third kappa shape index (κ3) is 4.59. The van der Waals surface area contributed by atoms with Gasteiger partial charge in [0.2, 0.25) is 0 Å². The van der Waals surface area contributed by atoms with Crippen molar-refractivity contribution in [1.29, 1.82) is 0 Å². The summed E-state index contributed by atoms with van der Waals surface area (Å²) in [7, 11) is 0. The van der Waals surface area contributed by atoms with Gasteiger partial charge in [-0.2, -0.15) is 0 Å². The third-order valence-corrected chi connectivity index (χ3v) is 3.05. The summed E-state index contributed by atoms with van der Waals surface area (Å²) in [5, 5.41) is 10.2. The van der Waals surface area contributed by atoms with E-state index < -0.39 is 0 Å². The summed E-state index contributed by atoms with van der Waals surface area (Å²) in [6.45, 7) is 7.07. The molecule has 0 amide bonds. The van der Waals surface area contributed by atoms with Crippen molar-refractivity contribution in [3.63, 3.8) is 0 Å². The van der Waals surface area contributed by atoms with Gasteiger partial charge in [0.1, 0.15) is 11.4 Å². The van der Waals surface area contributed by atoms with Gasteiger partial charge in [-0.25, -0.2) is 0 Å². The molecule has 0 aliphatic rings. The van der Waals surface area contributed by atoms with Crippen molar-refractivity contribution in [2.75, 3.05) is 13.1 Å². The number of rotatable bonds is 5. The molecule has 0 aliphatic carbocycles. The summed E-state index contributed by atoms with van der Waals surface area (Å²) in [4.78, 5) is 10.8. The van der Waals surface area contributed by atoms with E-state index in [4.69, 9.17) is 4.74 Å². The Morgan fingerprint density at radius 3 is 2.56 bits per heavy atom. The van der Waals surface area contributed by atoms with Crippen LogP contribution in [0.3, 0.4) is 0 Å². The van der Waals surface area contributed by atoms with E-state index in [0.717, 1.165) is 22.3 Å². The molecule has 1 aromatic rings. The standard InChI is InChI=1S/C12H16IN3O2/c1-4-16(5-2)15-14-12-7-6-10(8-11(12)13)18-9(3)17/h6-8H,4-5H2,1-3H3. The van der Waals surface area contributed by atoms with Gasteiger partial charge in [-0.05, 0) is 54.6 Å². The Bertz CT molecular complexity index is 445. The zero-order valence-corrected chi connectivity index (χ0v) is 12.8. The van der Waals surface area contributed by atoms with Gasteiger partial charge >= 0.3 is 5.97 Å². The van der Waals surface area contributed by atoms with Crippen molar-refractivity contribution in [2.45, 2.75) is 20.8 Å². The molecule has 0 saturated carbocycles. The van der Waals surface area contributed by atoms with Crippen molar-refractivity contribution in [3.05, 3.63) is 21.8 Å². The normalized spacial score (nSPS) is 10.7. The second-order valence-electron chi connectivity index (χ2n) is 3.54. The maximum atomic E-state index is 10.8. The summed E-state index contributed by atoms with van der Waals surface area (Å²) in [5.41, 5.74) is 0.762. The van der Waals surface area contributed by atoms with E-state index in [9.17, 15) is 4.79 Å². The molecule has 1 aromatic carbocycles. The number of halogens is 1. The second kappa shape index (κ2) is 7.30. The van der Waals surface area contributed by atoms with Gasteiger partial charge in [-0.3, -0.25) is 9.80 Å². The van der Waals surface area contributed by atoms with Gasteiger partial charge in [-0.1, -0.05) is 5.22 Å². The van der Waals surface area contributed by atoms with E-state index in [0.29, 0.717) is 5.75 Å². The van der Waals surface area contributed by atoms with Crippen LogP contribution in [-0.4, -0.2) is 24.1 Å². The fourth-order valence-electron chi connectivity index (χ4n) is 1.26. The zero-order valence-electron chi connectivity index (χ0n) is 10.7. The first-order valence-electron chi connectivity index (χ1n) is 5.71. The van der Waals surface area contributed by atoms with Gasteiger partial charge in [0.05, 0.1) is 0 Å². The van der Waals surface area contributed by atoms with Crippen LogP contribution in [0.5, 0.6) is 5.75 Å². The van der Waals surface area contributed by atoms with Crippen molar-refractivity contribution < 1.29 is 9.53 Å². The highest BCUT2D eigenvalue weighted by Gasteiger charge is 2.04. The number of benzene rings is 1. The molecule has 0 N–H and O–H groups in total. The minimum Gasteiger partial charge on any atom is -0.427 e. The maximum Gasteiger partial charge on any atom is 0.308 e. The quantitative estimate of drug-likeness (QED) is 0.265. The summed E-state index contributed by atoms with van der Waals surface area (Å²) >= 11 is 2.14. The Labute approximate surface area is 120 Å². The van der Waals surface area contributed by atoms with Crippen molar-refractivity contribution >= 4 is 34.2 Å². The molecule has 0 atom stereocenters. The molecule has 6 heteroatoms. The summed E-state index contributed by atoms with van der Waals surface area (Å²) in [6.07, 6.45) is 0. The summed E-state index contributed by atoms with van der Waals surface area (Å²) < 4.78 is 5.88. The topological polar surface area (TPSA) is 54.3 Å². The maximum absolute atomic E-state index is 10.8. The number of ether oxygens (including phenoxy) is 1. The lowest BCUT2D eigenvalue weighted by Gasteiger charge is -2.11. The largest absolute Gasteiger partial charge is 0.427 e. The van der Waals surface area contributed by atoms with Crippen molar-refractivity contribution in [3.8, 4) is 5.75 Å². The van der Waals surface area contributed by atoms with Gasteiger partial charge in [0.15, 0.2) is 0 Å². The zero-order chi connectivity index (χ0) is 13.5. The van der Waals surface area contributed by atoms with Gasteiger partial charge in [0, 0.05) is 23.6 Å². The predicted molar refractivity (Wildman–Crippen MR) is 77.9 cm³/mol. The Morgan fingerprint density at radius 2 is 2.06 bits per heavy atom. The number of carbonyl (C=O) groups is 1. The lowest BCUT2D eigenvalue weighted by atomic mass is 10.3. The first-order chi connectivity index (χ1) is 8.56. The van der Waals surface area contributed by atoms with Gasteiger partial charge in [-0.15, -0.1) is 5.11 Å². The molecule has 0 heterocycles. The Balaban J connectivity index is 2.82. The van der Waals surface area contributed by atoms with Crippen LogP contribution in [0.25, 0.3) is 0 Å². The van der Waals surface area contributed by atoms with E-state index in [2.05, 4.69) is 32.9 Å². The van der Waals surface area contributed by atoms with E-state index >= 15 is 0 Å². The molecule has 0 radical (unpaired) electrons. The monoisotopic (exact) mass is 361 g/mol. The molecule has 0 bridgehead atoms. The Kier molecular flexibility index (Phi) is 6.03. The van der Waals surface area contributed by atoms with E-state index in [1.807, 2.05) is 18.9 Å². The Hall–Kier alpha value is -1.18. The van der Waals surface area contributed by atoms with Crippen LogP contribution in [0.15, 0.2) is 28.5 Å². The fraction of sp³-hybridized carbons (Fsp3) is 0.417. The number of nitrogens with zero attached hydrogens (tertiary/aromatic N) is 3. The van der Waals surface area contributed by atoms with E-state index in [-0.39, 0.29) is 5.97 Å². The molecule has 0 fully saturated rings. The van der Waals surface area contributed by atoms with Gasteiger partial charge < -0.3 is 4.74 Å². The van der Waals surface area contributed by atoms with Gasteiger partial charge in [0.25, 0.3) is 0 Å². The SMILES string of the molecule is CCN(CC)N=Nc1ccc(OC(C)=O)cc1I. The van der Waals surface area contributed by atoms with Crippen LogP contribution in [-0.2, 0) is 4.79 Å². The molecule has 0 aliphatic heterocycles. The first-order valence-corrected chi connectivity index (χ1v) is 6.79. The van der Waals surface area contributed by atoms with Crippen LogP contribution >= 0.6 is 22.6 Å². The highest BCUT2D eigenvalue weighted by Crippen LogP contribution is 2.26. The molecule has 0 unspecified atom stereocenters. The number of carbonyl (C=O) groups excluding carboxylic acids is 1. The smallest absolute Gasteiger partial charge is 0.308 e. The minimum atomic E-state index is -0.330. The molecule has 18 heavy (non-hydrogen) atoms. The molecular weight excluding hydrogens is 345 g/mol. The molecule has 0 aromatic heterocycles. The number of esters is 1. The first kappa shape index (κ1) is 14.9. The Morgan fingerprint density at radius 1 is 1.39 bits per heavy atom. The summed E-state index contributed by atoms with van der Waals surface area (Å²) in [6, 6.07) is 5.26. The minimum absolute atomic E-state index is 0.330. The third-order valence-electron chi connectivity index (χ3n) is 2.19. The molecule has 98 valence electrons. The van der Waals surface area contributed by atoms with Crippen molar-refractivity contribution in [1.82, 2.24) is 5.01 Å². The van der Waals surface area contributed by atoms with Crippen LogP contribution in [0.2, 0.25) is 0 Å². The average molecular weight is 361 g/mol. The fourth-order valence-corrected chi connectivity index (χ4v) is 1.85. The van der Waals surface area contributed by atoms with E-state index in [1.165, 1.54) is 6.92 Å². The summed E-state index contributed by atoms with van der Waals surface area (Å²) in [5.74, 6) is 0.192. The van der Waals surface area contributed by atoms with Crippen molar-refractivity contribution in [2.24, 2.45) is 10.3 Å². The highest BCUT2D eigenvalue weighted by molar-refractivity contribution is 14.1. The highest BCUT2D eigenvalue weighted by atomic mass is 127. The molecule has 0 saturated heterocycles. The van der Waals surface area contributed by atoms with Crippen LogP contribution in [0.1, 0.15) is 20.8 Å². The molecule has 1 rings (SSSR count). The van der Waals surface area contributed by atoms with E-state index in [1.54, 1.807) is 18.2 Å². The lowest BCUT2D eigenvalue weighted by molar-refractivity contribution is -0.131. The lowest BCUT2D eigenvalue weighted by Crippen LogP contribution is -2.14. The second-order valence-corrected chi connectivity index (χ2v) is 4.70.